The number of hydrogen-bond donors (Lipinski definition) is 0. The Balaban J connectivity index is 1.94. The van der Waals surface area contributed by atoms with Gasteiger partial charge < -0.3 is 4.74 Å². The third-order valence-electron chi connectivity index (χ3n) is 4.46. The maximum Gasteiger partial charge on any atom is 0.316 e. The third-order valence-corrected chi connectivity index (χ3v) is 4.46. The Morgan fingerprint density at radius 2 is 1.40 bits per heavy atom. The second-order valence-corrected chi connectivity index (χ2v) is 5.15. The first-order chi connectivity index (χ1) is 7.27. The molecule has 0 amide bonds. The lowest BCUT2D eigenvalue weighted by Crippen LogP contribution is -2.49. The summed E-state index contributed by atoms with van der Waals surface area (Å²) in [7, 11) is 0. The summed E-state index contributed by atoms with van der Waals surface area (Å²) in [5.41, 5.74) is 0. The zero-order chi connectivity index (χ0) is 10.4. The van der Waals surface area contributed by atoms with Gasteiger partial charge >= 0.3 is 11.9 Å². The van der Waals surface area contributed by atoms with E-state index < -0.39 is 0 Å². The lowest BCUT2D eigenvalue weighted by Gasteiger charge is -2.46. The van der Waals surface area contributed by atoms with Crippen LogP contribution in [0.4, 0.5) is 0 Å². The van der Waals surface area contributed by atoms with Crippen molar-refractivity contribution >= 4 is 11.9 Å². The van der Waals surface area contributed by atoms with Crippen molar-refractivity contribution in [2.45, 2.75) is 38.5 Å². The second-order valence-electron chi connectivity index (χ2n) is 5.15. The van der Waals surface area contributed by atoms with Crippen LogP contribution in [0.5, 0.6) is 0 Å². The topological polar surface area (TPSA) is 43.4 Å². The van der Waals surface area contributed by atoms with E-state index in [4.69, 9.17) is 4.74 Å². The van der Waals surface area contributed by atoms with E-state index in [0.717, 1.165) is 25.7 Å². The summed E-state index contributed by atoms with van der Waals surface area (Å²) in [5, 5.41) is 0. The van der Waals surface area contributed by atoms with Crippen molar-refractivity contribution in [3.63, 3.8) is 0 Å². The molecule has 0 N–H and O–H groups in total. The van der Waals surface area contributed by atoms with Crippen molar-refractivity contribution in [3.8, 4) is 0 Å². The Labute approximate surface area is 89.2 Å². The fraction of sp³-hybridized carbons (Fsp3) is 0.833. The maximum absolute atomic E-state index is 11.6. The molecule has 15 heavy (non-hydrogen) atoms. The molecule has 2 saturated carbocycles. The molecule has 3 heteroatoms. The highest BCUT2D eigenvalue weighted by molar-refractivity contribution is 5.91. The molecule has 3 fully saturated rings. The average molecular weight is 208 g/mol. The fourth-order valence-electron chi connectivity index (χ4n) is 3.85. The Kier molecular flexibility index (Phi) is 2.08. The standard InChI is InChI=1S/C12H16O3/c13-11-8-5-1-3-7-4-2-6-9(10(7)8)12(14)15-11/h7-10H,1-6H2/t7?,8-,9-,10?/m1/s1. The van der Waals surface area contributed by atoms with Crippen LogP contribution in [0.15, 0.2) is 0 Å². The first-order valence-corrected chi connectivity index (χ1v) is 6.03. The second kappa shape index (κ2) is 3.32. The molecule has 3 aliphatic rings. The predicted octanol–water partition coefficient (Wildman–Crippen LogP) is 1.90. The van der Waals surface area contributed by atoms with Gasteiger partial charge in [0.15, 0.2) is 0 Å². The normalized spacial score (nSPS) is 44.5. The first kappa shape index (κ1) is 9.37. The number of rotatable bonds is 0. The van der Waals surface area contributed by atoms with Crippen LogP contribution in [0, 0.1) is 23.7 Å². The molecular formula is C12H16O3. The van der Waals surface area contributed by atoms with Gasteiger partial charge in [-0.05, 0) is 24.7 Å². The molecule has 0 aromatic heterocycles. The summed E-state index contributed by atoms with van der Waals surface area (Å²) in [4.78, 5) is 23.3. The van der Waals surface area contributed by atoms with Crippen LogP contribution in [-0.2, 0) is 14.3 Å². The number of carbonyl (C=O) groups is 2. The van der Waals surface area contributed by atoms with Crippen molar-refractivity contribution in [3.05, 3.63) is 0 Å². The highest BCUT2D eigenvalue weighted by Crippen LogP contribution is 2.49. The van der Waals surface area contributed by atoms with Gasteiger partial charge in [0.05, 0.1) is 11.8 Å². The van der Waals surface area contributed by atoms with Crippen LogP contribution in [0.2, 0.25) is 0 Å². The van der Waals surface area contributed by atoms with Gasteiger partial charge in [-0.3, -0.25) is 9.59 Å². The summed E-state index contributed by atoms with van der Waals surface area (Å²) < 4.78 is 4.86. The van der Waals surface area contributed by atoms with Crippen molar-refractivity contribution in [1.29, 1.82) is 0 Å². The van der Waals surface area contributed by atoms with Crippen LogP contribution in [0.1, 0.15) is 38.5 Å². The van der Waals surface area contributed by atoms with Gasteiger partial charge in [-0.2, -0.15) is 0 Å². The van der Waals surface area contributed by atoms with Crippen molar-refractivity contribution in [2.75, 3.05) is 0 Å². The Hall–Kier alpha value is -0.860. The smallest absolute Gasteiger partial charge is 0.316 e. The molecule has 0 aromatic carbocycles. The van der Waals surface area contributed by atoms with Gasteiger partial charge in [-0.15, -0.1) is 0 Å². The number of esters is 2. The van der Waals surface area contributed by atoms with Crippen LogP contribution in [0.3, 0.4) is 0 Å². The Morgan fingerprint density at radius 1 is 0.867 bits per heavy atom. The van der Waals surface area contributed by atoms with E-state index in [1.165, 1.54) is 12.8 Å². The molecule has 1 aliphatic heterocycles. The zero-order valence-electron chi connectivity index (χ0n) is 8.78. The third kappa shape index (κ3) is 1.32. The van der Waals surface area contributed by atoms with Crippen LogP contribution in [0.25, 0.3) is 0 Å². The van der Waals surface area contributed by atoms with E-state index >= 15 is 0 Å². The molecule has 2 aliphatic carbocycles. The minimum Gasteiger partial charge on any atom is -0.393 e. The summed E-state index contributed by atoms with van der Waals surface area (Å²) >= 11 is 0. The van der Waals surface area contributed by atoms with Gasteiger partial charge in [0.25, 0.3) is 0 Å². The number of hydrogen-bond acceptors (Lipinski definition) is 3. The number of carbonyl (C=O) groups excluding carboxylic acids is 2. The lowest BCUT2D eigenvalue weighted by atomic mass is 9.60. The molecule has 0 radical (unpaired) electrons. The van der Waals surface area contributed by atoms with Gasteiger partial charge in [0.2, 0.25) is 0 Å². The summed E-state index contributed by atoms with van der Waals surface area (Å²) in [6.07, 6.45) is 6.54. The molecule has 1 saturated heterocycles. The molecular weight excluding hydrogens is 192 g/mol. The maximum atomic E-state index is 11.6. The summed E-state index contributed by atoms with van der Waals surface area (Å²) in [5.74, 6) is 0.514. The Morgan fingerprint density at radius 3 is 1.93 bits per heavy atom. The molecule has 82 valence electrons. The fourth-order valence-corrected chi connectivity index (χ4v) is 3.85. The number of cyclic esters (lactones) is 2. The van der Waals surface area contributed by atoms with E-state index in [0.29, 0.717) is 11.8 Å². The quantitative estimate of drug-likeness (QED) is 0.451. The molecule has 2 atom stereocenters. The van der Waals surface area contributed by atoms with Gasteiger partial charge in [0.1, 0.15) is 0 Å². The van der Waals surface area contributed by atoms with E-state index in [2.05, 4.69) is 0 Å². The monoisotopic (exact) mass is 208 g/mol. The van der Waals surface area contributed by atoms with E-state index in [9.17, 15) is 9.59 Å². The summed E-state index contributed by atoms with van der Waals surface area (Å²) in [6, 6.07) is 0. The molecule has 0 unspecified atom stereocenters. The van der Waals surface area contributed by atoms with Crippen LogP contribution in [-0.4, -0.2) is 11.9 Å². The largest absolute Gasteiger partial charge is 0.393 e. The van der Waals surface area contributed by atoms with E-state index in [-0.39, 0.29) is 23.8 Å². The van der Waals surface area contributed by atoms with Crippen molar-refractivity contribution in [1.82, 2.24) is 0 Å². The van der Waals surface area contributed by atoms with Gasteiger partial charge in [-0.1, -0.05) is 25.7 Å². The van der Waals surface area contributed by atoms with Crippen LogP contribution < -0.4 is 0 Å². The molecule has 3 nitrogen and oxygen atoms in total. The highest BCUT2D eigenvalue weighted by atomic mass is 16.6. The minimum absolute atomic E-state index is 0.0340. The van der Waals surface area contributed by atoms with E-state index in [1.807, 2.05) is 0 Å². The molecule has 0 spiro atoms. The lowest BCUT2D eigenvalue weighted by molar-refractivity contribution is -0.183. The van der Waals surface area contributed by atoms with Crippen molar-refractivity contribution < 1.29 is 14.3 Å². The van der Waals surface area contributed by atoms with E-state index in [1.54, 1.807) is 0 Å². The Bertz CT molecular complexity index is 282. The van der Waals surface area contributed by atoms with Gasteiger partial charge in [0, 0.05) is 0 Å². The average Bonchev–Trinajstić information content (AvgIpc) is 2.25. The highest BCUT2D eigenvalue weighted by Gasteiger charge is 2.51. The predicted molar refractivity (Wildman–Crippen MR) is 52.8 cm³/mol. The first-order valence-electron chi connectivity index (χ1n) is 6.03. The zero-order valence-corrected chi connectivity index (χ0v) is 8.78. The van der Waals surface area contributed by atoms with Gasteiger partial charge in [-0.25, -0.2) is 0 Å². The molecule has 3 rings (SSSR count). The molecule has 0 aromatic rings. The molecule has 1 heterocycles. The summed E-state index contributed by atoms with van der Waals surface area (Å²) in [6.45, 7) is 0. The van der Waals surface area contributed by atoms with Crippen molar-refractivity contribution in [2.24, 2.45) is 23.7 Å². The number of ether oxygens (including phenoxy) is 1. The molecule has 0 bridgehead atoms. The van der Waals surface area contributed by atoms with Crippen LogP contribution >= 0.6 is 0 Å². The minimum atomic E-state index is -0.243. The SMILES string of the molecule is O=C1OC(=O)[C@@H]2CCCC3CCC[C@@H]1C32.